The molecule has 0 saturated carbocycles. The Balaban J connectivity index is 1.80. The first-order chi connectivity index (χ1) is 17.3. The number of aromatic nitrogens is 1. The Labute approximate surface area is 221 Å². The summed E-state index contributed by atoms with van der Waals surface area (Å²) in [4.78, 5) is 30.8. The lowest BCUT2D eigenvalue weighted by atomic mass is 10.00. The van der Waals surface area contributed by atoms with Gasteiger partial charge in [-0.3, -0.25) is 9.59 Å². The second kappa shape index (κ2) is 11.0. The van der Waals surface area contributed by atoms with Crippen LogP contribution < -0.4 is 4.84 Å². The molecule has 3 aromatic carbocycles. The van der Waals surface area contributed by atoms with E-state index in [4.69, 9.17) is 49.3 Å². The summed E-state index contributed by atoms with van der Waals surface area (Å²) in [5, 5.41) is 15.3. The van der Waals surface area contributed by atoms with Gasteiger partial charge in [0.15, 0.2) is 11.5 Å². The Kier molecular flexibility index (Phi) is 7.84. The number of carboxylic acids is 1. The van der Waals surface area contributed by atoms with E-state index in [1.165, 1.54) is 12.1 Å². The quantitative estimate of drug-likeness (QED) is 0.238. The number of rotatable bonds is 8. The third-order valence-corrected chi connectivity index (χ3v) is 6.05. The molecule has 0 radical (unpaired) electrons. The number of carbonyl (C=O) groups excluding carboxylic acids is 1. The molecule has 0 saturated heterocycles. The van der Waals surface area contributed by atoms with Crippen molar-refractivity contribution in [2.75, 3.05) is 6.54 Å². The third kappa shape index (κ3) is 5.49. The third-order valence-electron chi connectivity index (χ3n) is 5.20. The summed E-state index contributed by atoms with van der Waals surface area (Å²) in [6.45, 7) is 1.91. The molecule has 1 heterocycles. The number of nitrogens with zero attached hydrogens (tertiary/aromatic N) is 2. The maximum absolute atomic E-state index is 13.8. The van der Waals surface area contributed by atoms with E-state index >= 15 is 0 Å². The van der Waals surface area contributed by atoms with E-state index in [-0.39, 0.29) is 40.1 Å². The van der Waals surface area contributed by atoms with E-state index in [2.05, 4.69) is 5.16 Å². The van der Waals surface area contributed by atoms with Crippen LogP contribution in [0.5, 0.6) is 5.75 Å². The lowest BCUT2D eigenvalue weighted by Gasteiger charge is -2.22. The molecule has 0 aliphatic carbocycles. The van der Waals surface area contributed by atoms with Crippen molar-refractivity contribution in [2.45, 2.75) is 13.3 Å². The molecule has 0 bridgehead atoms. The number of hydroxylamine groups is 2. The Bertz CT molecular complexity index is 1420. The summed E-state index contributed by atoms with van der Waals surface area (Å²) in [6.07, 6.45) is -0.198. The first-order valence-corrected chi connectivity index (χ1v) is 11.9. The number of carboxylic acid groups (broad SMARTS) is 1. The molecule has 36 heavy (non-hydrogen) atoms. The Morgan fingerprint density at radius 3 is 2.39 bits per heavy atom. The highest BCUT2D eigenvalue weighted by atomic mass is 35.5. The monoisotopic (exact) mass is 544 g/mol. The number of amides is 1. The van der Waals surface area contributed by atoms with E-state index < -0.39 is 11.9 Å². The molecule has 0 aliphatic rings. The zero-order chi connectivity index (χ0) is 25.8. The highest BCUT2D eigenvalue weighted by Gasteiger charge is 2.31. The molecule has 0 spiro atoms. The van der Waals surface area contributed by atoms with E-state index in [9.17, 15) is 9.59 Å². The van der Waals surface area contributed by atoms with Crippen LogP contribution in [0.3, 0.4) is 0 Å². The fourth-order valence-corrected chi connectivity index (χ4v) is 4.27. The second-order valence-corrected chi connectivity index (χ2v) is 8.90. The standard InChI is InChI=1S/C26H19Cl3N2O5/c1-2-31(36-21-11-9-17(27)14-20(21)29)26(34)23-24(16-6-4-3-5-7-16)30-35-25(23)18-10-8-15(12-19(18)28)13-22(32)33/h3-12,14H,2,13H2,1H3,(H,32,33). The van der Waals surface area contributed by atoms with Crippen LogP contribution in [0, 0.1) is 0 Å². The number of hydrogen-bond donors (Lipinski definition) is 1. The van der Waals surface area contributed by atoms with Crippen molar-refractivity contribution in [1.82, 2.24) is 10.2 Å². The van der Waals surface area contributed by atoms with E-state index in [0.717, 1.165) is 5.06 Å². The normalized spacial score (nSPS) is 10.8. The number of halogens is 3. The molecule has 1 aromatic heterocycles. The van der Waals surface area contributed by atoms with Gasteiger partial charge in [-0.2, -0.15) is 5.06 Å². The molecule has 0 atom stereocenters. The van der Waals surface area contributed by atoms with Crippen molar-refractivity contribution in [3.8, 4) is 28.3 Å². The highest BCUT2D eigenvalue weighted by molar-refractivity contribution is 6.35. The molecule has 7 nitrogen and oxygen atoms in total. The van der Waals surface area contributed by atoms with Crippen LogP contribution in [0.15, 0.2) is 71.3 Å². The first kappa shape index (κ1) is 25.6. The summed E-state index contributed by atoms with van der Waals surface area (Å²) in [6, 6.07) is 18.4. The van der Waals surface area contributed by atoms with Crippen LogP contribution >= 0.6 is 34.8 Å². The van der Waals surface area contributed by atoms with E-state index in [1.54, 1.807) is 43.3 Å². The molecule has 0 aliphatic heterocycles. The smallest absolute Gasteiger partial charge is 0.307 e. The van der Waals surface area contributed by atoms with E-state index in [0.29, 0.717) is 27.4 Å². The molecule has 4 aromatic rings. The van der Waals surface area contributed by atoms with Crippen LogP contribution in [-0.4, -0.2) is 33.7 Å². The van der Waals surface area contributed by atoms with Crippen molar-refractivity contribution in [3.05, 3.63) is 92.9 Å². The molecule has 1 amide bonds. The molecular weight excluding hydrogens is 527 g/mol. The van der Waals surface area contributed by atoms with Crippen molar-refractivity contribution in [2.24, 2.45) is 0 Å². The largest absolute Gasteiger partial charge is 0.481 e. The van der Waals surface area contributed by atoms with Crippen LogP contribution in [0.2, 0.25) is 15.1 Å². The van der Waals surface area contributed by atoms with Crippen LogP contribution in [0.25, 0.3) is 22.6 Å². The molecule has 0 fully saturated rings. The van der Waals surface area contributed by atoms with Gasteiger partial charge in [0.05, 0.1) is 23.0 Å². The van der Waals surface area contributed by atoms with Gasteiger partial charge in [-0.05, 0) is 42.8 Å². The molecule has 0 unspecified atom stereocenters. The Morgan fingerprint density at radius 2 is 1.75 bits per heavy atom. The van der Waals surface area contributed by atoms with Crippen molar-refractivity contribution < 1.29 is 24.1 Å². The zero-order valence-corrected chi connectivity index (χ0v) is 21.1. The number of carbonyl (C=O) groups is 2. The predicted octanol–water partition coefficient (Wildman–Crippen LogP) is 7.05. The maximum Gasteiger partial charge on any atom is 0.307 e. The minimum absolute atomic E-state index is 0.120. The predicted molar refractivity (Wildman–Crippen MR) is 138 cm³/mol. The van der Waals surface area contributed by atoms with Gasteiger partial charge in [-0.25, -0.2) is 0 Å². The average molecular weight is 546 g/mol. The van der Waals surface area contributed by atoms with Crippen molar-refractivity contribution in [3.63, 3.8) is 0 Å². The van der Waals surface area contributed by atoms with Crippen LogP contribution in [0.4, 0.5) is 0 Å². The molecular formula is C26H19Cl3N2O5. The van der Waals surface area contributed by atoms with Gasteiger partial charge in [0, 0.05) is 16.1 Å². The zero-order valence-electron chi connectivity index (χ0n) is 18.9. The SMILES string of the molecule is CCN(Oc1ccc(Cl)cc1Cl)C(=O)c1c(-c2ccccc2)noc1-c1ccc(CC(=O)O)cc1Cl. The number of hydrogen-bond acceptors (Lipinski definition) is 5. The van der Waals surface area contributed by atoms with Gasteiger partial charge in [0.1, 0.15) is 11.3 Å². The highest BCUT2D eigenvalue weighted by Crippen LogP contribution is 2.37. The maximum atomic E-state index is 13.8. The van der Waals surface area contributed by atoms with Gasteiger partial charge < -0.3 is 14.5 Å². The summed E-state index contributed by atoms with van der Waals surface area (Å²) >= 11 is 18.7. The van der Waals surface area contributed by atoms with Crippen molar-refractivity contribution in [1.29, 1.82) is 0 Å². The Hall–Kier alpha value is -3.52. The van der Waals surface area contributed by atoms with Crippen molar-refractivity contribution >= 4 is 46.7 Å². The number of aliphatic carboxylic acids is 1. The molecule has 1 N–H and O–H groups in total. The minimum Gasteiger partial charge on any atom is -0.481 e. The summed E-state index contributed by atoms with van der Waals surface area (Å²) in [5.74, 6) is -1.16. The molecule has 10 heteroatoms. The van der Waals surface area contributed by atoms with Gasteiger partial charge in [0.25, 0.3) is 5.91 Å². The minimum atomic E-state index is -0.989. The average Bonchev–Trinajstić information content (AvgIpc) is 3.28. The fourth-order valence-electron chi connectivity index (χ4n) is 3.54. The van der Waals surface area contributed by atoms with E-state index in [1.807, 2.05) is 18.2 Å². The fraction of sp³-hybridized carbons (Fsp3) is 0.115. The first-order valence-electron chi connectivity index (χ1n) is 10.8. The Morgan fingerprint density at radius 1 is 1.00 bits per heavy atom. The van der Waals surface area contributed by atoms with Gasteiger partial charge in [0.2, 0.25) is 0 Å². The number of benzene rings is 3. The summed E-state index contributed by atoms with van der Waals surface area (Å²) in [7, 11) is 0. The van der Waals surface area contributed by atoms with Gasteiger partial charge >= 0.3 is 5.97 Å². The topological polar surface area (TPSA) is 92.9 Å². The summed E-state index contributed by atoms with van der Waals surface area (Å²) < 4.78 is 5.65. The lowest BCUT2D eigenvalue weighted by Crippen LogP contribution is -2.34. The second-order valence-electron chi connectivity index (χ2n) is 7.65. The van der Waals surface area contributed by atoms with Gasteiger partial charge in [-0.15, -0.1) is 0 Å². The molecule has 4 rings (SSSR count). The molecule has 184 valence electrons. The lowest BCUT2D eigenvalue weighted by molar-refractivity contribution is -0.136. The van der Waals surface area contributed by atoms with Crippen LogP contribution in [-0.2, 0) is 11.2 Å². The van der Waals surface area contributed by atoms with Crippen LogP contribution in [0.1, 0.15) is 22.8 Å². The van der Waals surface area contributed by atoms with Gasteiger partial charge in [-0.1, -0.05) is 76.4 Å². The summed E-state index contributed by atoms with van der Waals surface area (Å²) in [5.41, 5.74) is 1.95.